The second-order valence-corrected chi connectivity index (χ2v) is 5.67. The molecule has 19 heavy (non-hydrogen) atoms. The first-order chi connectivity index (χ1) is 8.86. The third-order valence-corrected chi connectivity index (χ3v) is 3.73. The van der Waals surface area contributed by atoms with Crippen LogP contribution in [0.1, 0.15) is 32.3 Å². The standard InChI is InChI=1S/C14H19Cl2NO2/c1-14(2,17-8-4-5-13(18)19-3)10-6-7-11(15)12(16)9-10/h6-7,9,17H,4-5,8H2,1-3H3. The molecule has 106 valence electrons. The largest absolute Gasteiger partial charge is 0.469 e. The normalized spacial score (nSPS) is 11.4. The van der Waals surface area contributed by atoms with Crippen molar-refractivity contribution in [3.8, 4) is 0 Å². The molecular formula is C14H19Cl2NO2. The van der Waals surface area contributed by atoms with Crippen molar-refractivity contribution in [2.45, 2.75) is 32.2 Å². The average molecular weight is 304 g/mol. The first-order valence-corrected chi connectivity index (χ1v) is 6.90. The van der Waals surface area contributed by atoms with E-state index in [1.165, 1.54) is 7.11 Å². The first kappa shape index (κ1) is 16.3. The molecule has 1 aromatic carbocycles. The van der Waals surface area contributed by atoms with E-state index in [0.717, 1.165) is 18.5 Å². The molecule has 0 saturated heterocycles. The Labute approximate surface area is 124 Å². The van der Waals surface area contributed by atoms with Crippen molar-refractivity contribution < 1.29 is 9.53 Å². The molecule has 0 aliphatic heterocycles. The van der Waals surface area contributed by atoms with E-state index in [1.807, 2.05) is 12.1 Å². The zero-order chi connectivity index (χ0) is 14.5. The van der Waals surface area contributed by atoms with Gasteiger partial charge in [-0.25, -0.2) is 0 Å². The van der Waals surface area contributed by atoms with Gasteiger partial charge in [0.15, 0.2) is 0 Å². The van der Waals surface area contributed by atoms with Crippen LogP contribution in [0.15, 0.2) is 18.2 Å². The summed E-state index contributed by atoms with van der Waals surface area (Å²) in [6, 6.07) is 5.59. The van der Waals surface area contributed by atoms with Crippen LogP contribution in [0.4, 0.5) is 0 Å². The number of carbonyl (C=O) groups excluding carboxylic acids is 1. The summed E-state index contributed by atoms with van der Waals surface area (Å²) in [5, 5.41) is 4.48. The molecule has 3 nitrogen and oxygen atoms in total. The summed E-state index contributed by atoms with van der Waals surface area (Å²) in [7, 11) is 1.40. The second kappa shape index (κ2) is 7.13. The van der Waals surface area contributed by atoms with Gasteiger partial charge in [0.1, 0.15) is 0 Å². The van der Waals surface area contributed by atoms with Gasteiger partial charge in [-0.3, -0.25) is 4.79 Å². The molecule has 1 rings (SSSR count). The predicted octanol–water partition coefficient (Wildman–Crippen LogP) is 3.77. The van der Waals surface area contributed by atoms with Crippen LogP contribution in [0.25, 0.3) is 0 Å². The molecule has 5 heteroatoms. The molecule has 0 fully saturated rings. The number of carbonyl (C=O) groups is 1. The third-order valence-electron chi connectivity index (χ3n) is 2.99. The molecule has 1 N–H and O–H groups in total. The van der Waals surface area contributed by atoms with E-state index in [4.69, 9.17) is 23.2 Å². The molecule has 0 amide bonds. The Morgan fingerprint density at radius 2 is 2.00 bits per heavy atom. The molecule has 0 radical (unpaired) electrons. The lowest BCUT2D eigenvalue weighted by molar-refractivity contribution is -0.140. The Kier molecular flexibility index (Phi) is 6.11. The fourth-order valence-electron chi connectivity index (χ4n) is 1.72. The molecule has 0 bridgehead atoms. The van der Waals surface area contributed by atoms with E-state index in [-0.39, 0.29) is 11.5 Å². The van der Waals surface area contributed by atoms with E-state index in [2.05, 4.69) is 23.9 Å². The minimum Gasteiger partial charge on any atom is -0.469 e. The van der Waals surface area contributed by atoms with Crippen molar-refractivity contribution in [2.24, 2.45) is 0 Å². The fraction of sp³-hybridized carbons (Fsp3) is 0.500. The maximum absolute atomic E-state index is 11.0. The monoisotopic (exact) mass is 303 g/mol. The maximum Gasteiger partial charge on any atom is 0.305 e. The number of halogens is 2. The van der Waals surface area contributed by atoms with Gasteiger partial charge in [0.2, 0.25) is 0 Å². The van der Waals surface area contributed by atoms with Gasteiger partial charge >= 0.3 is 5.97 Å². The predicted molar refractivity (Wildman–Crippen MR) is 78.7 cm³/mol. The van der Waals surface area contributed by atoms with Crippen LogP contribution in [0.2, 0.25) is 10.0 Å². The molecule has 0 atom stereocenters. The van der Waals surface area contributed by atoms with Crippen molar-refractivity contribution in [3.05, 3.63) is 33.8 Å². The lowest BCUT2D eigenvalue weighted by Gasteiger charge is -2.27. The second-order valence-electron chi connectivity index (χ2n) is 4.86. The zero-order valence-electron chi connectivity index (χ0n) is 11.4. The summed E-state index contributed by atoms with van der Waals surface area (Å²) in [6.07, 6.45) is 1.15. The average Bonchev–Trinajstić information content (AvgIpc) is 2.37. The van der Waals surface area contributed by atoms with Crippen molar-refractivity contribution >= 4 is 29.2 Å². The van der Waals surface area contributed by atoms with Crippen LogP contribution < -0.4 is 5.32 Å². The number of hydrogen-bond donors (Lipinski definition) is 1. The van der Waals surface area contributed by atoms with E-state index >= 15 is 0 Å². The highest BCUT2D eigenvalue weighted by molar-refractivity contribution is 6.42. The number of rotatable bonds is 6. The Balaban J connectivity index is 2.55. The third kappa shape index (κ3) is 5.01. The van der Waals surface area contributed by atoms with Gasteiger partial charge < -0.3 is 10.1 Å². The lowest BCUT2D eigenvalue weighted by atomic mass is 9.94. The lowest BCUT2D eigenvalue weighted by Crippen LogP contribution is -2.37. The number of ether oxygens (including phenoxy) is 1. The Bertz CT molecular complexity index is 447. The summed E-state index contributed by atoms with van der Waals surface area (Å²) in [5.74, 6) is -0.186. The van der Waals surface area contributed by atoms with Crippen LogP contribution in [-0.4, -0.2) is 19.6 Å². The Morgan fingerprint density at radius 1 is 1.32 bits per heavy atom. The number of methoxy groups -OCH3 is 1. The minimum absolute atomic E-state index is 0.186. The smallest absolute Gasteiger partial charge is 0.305 e. The summed E-state index contributed by atoms with van der Waals surface area (Å²) in [5.41, 5.74) is 0.824. The van der Waals surface area contributed by atoms with Crippen LogP contribution in [-0.2, 0) is 15.1 Å². The first-order valence-electron chi connectivity index (χ1n) is 6.14. The van der Waals surface area contributed by atoms with Gasteiger partial charge in [-0.1, -0.05) is 29.3 Å². The van der Waals surface area contributed by atoms with E-state index in [0.29, 0.717) is 16.5 Å². The highest BCUT2D eigenvalue weighted by Gasteiger charge is 2.20. The van der Waals surface area contributed by atoms with Gasteiger partial charge in [-0.15, -0.1) is 0 Å². The van der Waals surface area contributed by atoms with Gasteiger partial charge in [0.25, 0.3) is 0 Å². The minimum atomic E-state index is -0.232. The van der Waals surface area contributed by atoms with Crippen molar-refractivity contribution in [1.29, 1.82) is 0 Å². The highest BCUT2D eigenvalue weighted by Crippen LogP contribution is 2.28. The van der Waals surface area contributed by atoms with E-state index in [9.17, 15) is 4.79 Å². The Hall–Kier alpha value is -0.770. The Morgan fingerprint density at radius 3 is 2.58 bits per heavy atom. The molecule has 0 saturated carbocycles. The van der Waals surface area contributed by atoms with Crippen molar-refractivity contribution in [1.82, 2.24) is 5.32 Å². The fourth-order valence-corrected chi connectivity index (χ4v) is 2.02. The number of nitrogens with one attached hydrogen (secondary N) is 1. The summed E-state index contributed by atoms with van der Waals surface area (Å²) in [6.45, 7) is 4.85. The summed E-state index contributed by atoms with van der Waals surface area (Å²) >= 11 is 11.9. The molecule has 0 spiro atoms. The molecule has 1 aromatic rings. The molecule has 0 aromatic heterocycles. The van der Waals surface area contributed by atoms with Gasteiger partial charge in [0, 0.05) is 12.0 Å². The van der Waals surface area contributed by atoms with Gasteiger partial charge in [0.05, 0.1) is 17.2 Å². The maximum atomic E-state index is 11.0. The summed E-state index contributed by atoms with van der Waals surface area (Å²) < 4.78 is 4.60. The molecular weight excluding hydrogens is 285 g/mol. The SMILES string of the molecule is COC(=O)CCCNC(C)(C)c1ccc(Cl)c(Cl)c1. The molecule has 0 heterocycles. The number of hydrogen-bond acceptors (Lipinski definition) is 3. The molecule has 0 unspecified atom stereocenters. The number of esters is 1. The van der Waals surface area contributed by atoms with Crippen LogP contribution in [0.3, 0.4) is 0 Å². The zero-order valence-corrected chi connectivity index (χ0v) is 12.9. The van der Waals surface area contributed by atoms with Crippen LogP contribution >= 0.6 is 23.2 Å². The number of benzene rings is 1. The highest BCUT2D eigenvalue weighted by atomic mass is 35.5. The van der Waals surface area contributed by atoms with Crippen LogP contribution in [0.5, 0.6) is 0 Å². The van der Waals surface area contributed by atoms with E-state index in [1.54, 1.807) is 6.07 Å². The van der Waals surface area contributed by atoms with Gasteiger partial charge in [-0.05, 0) is 44.5 Å². The van der Waals surface area contributed by atoms with E-state index < -0.39 is 0 Å². The molecule has 0 aliphatic rings. The summed E-state index contributed by atoms with van der Waals surface area (Å²) in [4.78, 5) is 11.0. The van der Waals surface area contributed by atoms with Crippen molar-refractivity contribution in [3.63, 3.8) is 0 Å². The van der Waals surface area contributed by atoms with Gasteiger partial charge in [-0.2, -0.15) is 0 Å². The van der Waals surface area contributed by atoms with Crippen LogP contribution in [0, 0.1) is 0 Å². The quantitative estimate of drug-likeness (QED) is 0.642. The topological polar surface area (TPSA) is 38.3 Å². The molecule has 0 aliphatic carbocycles. The van der Waals surface area contributed by atoms with Crippen molar-refractivity contribution in [2.75, 3.05) is 13.7 Å².